The van der Waals surface area contributed by atoms with Crippen LogP contribution in [0.1, 0.15) is 17.2 Å². The third-order valence-electron chi connectivity index (χ3n) is 5.37. The largest absolute Gasteiger partial charge is 0.332 e. The lowest BCUT2D eigenvalue weighted by Crippen LogP contribution is -2.71. The smallest absolute Gasteiger partial charge is 0.250 e. The van der Waals surface area contributed by atoms with E-state index in [1.807, 2.05) is 48.5 Å². The molecule has 0 aliphatic carbocycles. The zero-order chi connectivity index (χ0) is 20.5. The first-order valence-electron chi connectivity index (χ1n) is 9.33. The Kier molecular flexibility index (Phi) is 5.25. The van der Waals surface area contributed by atoms with Crippen LogP contribution in [0.25, 0.3) is 0 Å². The molecule has 0 saturated carbocycles. The van der Waals surface area contributed by atoms with E-state index in [0.29, 0.717) is 18.0 Å². The predicted molar refractivity (Wildman–Crippen MR) is 107 cm³/mol. The number of amides is 3. The highest BCUT2D eigenvalue weighted by Crippen LogP contribution is 2.34. The van der Waals surface area contributed by atoms with Crippen LogP contribution in [0.15, 0.2) is 54.6 Å². The first-order chi connectivity index (χ1) is 14.0. The van der Waals surface area contributed by atoms with Gasteiger partial charge in [0.15, 0.2) is 0 Å². The number of fused-ring (bicyclic) bond motifs is 1. The maximum Gasteiger partial charge on any atom is 0.250 e. The second-order valence-corrected chi connectivity index (χ2v) is 7.68. The van der Waals surface area contributed by atoms with E-state index in [1.54, 1.807) is 27.9 Å². The summed E-state index contributed by atoms with van der Waals surface area (Å²) < 4.78 is 0. The molecule has 0 spiro atoms. The molecular formula is C21H21ClN4O3. The number of hydrogen-bond acceptors (Lipinski definition) is 4. The van der Waals surface area contributed by atoms with Gasteiger partial charge in [-0.05, 0) is 23.3 Å². The molecule has 7 nitrogen and oxygen atoms in total. The van der Waals surface area contributed by atoms with E-state index >= 15 is 0 Å². The van der Waals surface area contributed by atoms with Gasteiger partial charge in [0, 0.05) is 18.6 Å². The number of carbonyl (C=O) groups is 3. The Morgan fingerprint density at radius 1 is 1.10 bits per heavy atom. The zero-order valence-corrected chi connectivity index (χ0v) is 16.7. The van der Waals surface area contributed by atoms with Crippen molar-refractivity contribution in [2.24, 2.45) is 0 Å². The number of nitrogens with zero attached hydrogens (tertiary/aromatic N) is 4. The third-order valence-corrected chi connectivity index (χ3v) is 5.60. The van der Waals surface area contributed by atoms with Crippen LogP contribution >= 0.6 is 11.6 Å². The molecule has 0 radical (unpaired) electrons. The molecule has 2 aromatic rings. The SMILES string of the molecule is CN1CC(=O)N2C(CN(Cc3cccc(Cl)c3)C(=O)[C@@H]2c2ccccc2)N1C=O. The molecule has 150 valence electrons. The monoisotopic (exact) mass is 412 g/mol. The average Bonchev–Trinajstić information content (AvgIpc) is 2.70. The Labute approximate surface area is 174 Å². The highest BCUT2D eigenvalue weighted by Gasteiger charge is 2.49. The summed E-state index contributed by atoms with van der Waals surface area (Å²) in [5.74, 6) is -0.351. The highest BCUT2D eigenvalue weighted by molar-refractivity contribution is 6.30. The van der Waals surface area contributed by atoms with E-state index in [1.165, 1.54) is 5.01 Å². The molecule has 3 amide bonds. The number of carbonyl (C=O) groups excluding carboxylic acids is 3. The van der Waals surface area contributed by atoms with Gasteiger partial charge in [0.25, 0.3) is 5.91 Å². The van der Waals surface area contributed by atoms with Crippen molar-refractivity contribution in [1.82, 2.24) is 19.8 Å². The molecule has 1 unspecified atom stereocenters. The van der Waals surface area contributed by atoms with Gasteiger partial charge in [0.2, 0.25) is 12.3 Å². The number of likely N-dealkylation sites (N-methyl/N-ethyl adjacent to an activating group) is 1. The topological polar surface area (TPSA) is 64.2 Å². The van der Waals surface area contributed by atoms with E-state index in [2.05, 4.69) is 0 Å². The Bertz CT molecular complexity index is 939. The number of halogens is 1. The van der Waals surface area contributed by atoms with Gasteiger partial charge >= 0.3 is 0 Å². The normalized spacial score (nSPS) is 22.6. The van der Waals surface area contributed by atoms with E-state index in [-0.39, 0.29) is 24.9 Å². The lowest BCUT2D eigenvalue weighted by Gasteiger charge is -2.53. The van der Waals surface area contributed by atoms with Gasteiger partial charge in [-0.25, -0.2) is 5.01 Å². The van der Waals surface area contributed by atoms with Crippen LogP contribution in [-0.2, 0) is 20.9 Å². The fourth-order valence-electron chi connectivity index (χ4n) is 4.03. The van der Waals surface area contributed by atoms with Gasteiger partial charge in [0.05, 0.1) is 13.1 Å². The summed E-state index contributed by atoms with van der Waals surface area (Å²) in [7, 11) is 1.69. The van der Waals surface area contributed by atoms with Crippen LogP contribution in [0.2, 0.25) is 5.02 Å². The quantitative estimate of drug-likeness (QED) is 0.719. The minimum atomic E-state index is -0.780. The molecular weight excluding hydrogens is 392 g/mol. The van der Waals surface area contributed by atoms with Crippen molar-refractivity contribution in [3.8, 4) is 0 Å². The Balaban J connectivity index is 1.74. The van der Waals surface area contributed by atoms with Crippen molar-refractivity contribution >= 4 is 29.8 Å². The van der Waals surface area contributed by atoms with Gasteiger partial charge in [0.1, 0.15) is 12.2 Å². The van der Waals surface area contributed by atoms with Crippen LogP contribution in [0, 0.1) is 0 Å². The highest BCUT2D eigenvalue weighted by atomic mass is 35.5. The van der Waals surface area contributed by atoms with Crippen molar-refractivity contribution in [2.45, 2.75) is 18.8 Å². The van der Waals surface area contributed by atoms with E-state index < -0.39 is 12.2 Å². The molecule has 8 heteroatoms. The third kappa shape index (κ3) is 3.59. The molecule has 0 N–H and O–H groups in total. The number of benzene rings is 2. The minimum Gasteiger partial charge on any atom is -0.332 e. The summed E-state index contributed by atoms with van der Waals surface area (Å²) in [6.45, 7) is 0.612. The number of rotatable bonds is 4. The molecule has 2 heterocycles. The van der Waals surface area contributed by atoms with E-state index in [4.69, 9.17) is 11.6 Å². The van der Waals surface area contributed by atoms with Crippen molar-refractivity contribution < 1.29 is 14.4 Å². The number of hydrogen-bond donors (Lipinski definition) is 0. The summed E-state index contributed by atoms with van der Waals surface area (Å²) in [6.07, 6.45) is 0.139. The second kappa shape index (κ2) is 7.85. The van der Waals surface area contributed by atoms with Crippen LogP contribution < -0.4 is 0 Å². The number of piperazine rings is 1. The molecule has 2 aliphatic rings. The lowest BCUT2D eigenvalue weighted by atomic mass is 9.98. The van der Waals surface area contributed by atoms with Gasteiger partial charge in [-0.1, -0.05) is 54.1 Å². The lowest BCUT2D eigenvalue weighted by molar-refractivity contribution is -0.197. The van der Waals surface area contributed by atoms with Gasteiger partial charge in [-0.15, -0.1) is 0 Å². The van der Waals surface area contributed by atoms with Crippen molar-refractivity contribution in [3.63, 3.8) is 0 Å². The average molecular weight is 413 g/mol. The predicted octanol–water partition coefficient (Wildman–Crippen LogP) is 1.90. The number of hydrazine groups is 1. The summed E-state index contributed by atoms with van der Waals surface area (Å²) in [5, 5.41) is 3.66. The maximum absolute atomic E-state index is 13.5. The molecule has 0 aromatic heterocycles. The van der Waals surface area contributed by atoms with Gasteiger partial charge in [-0.2, -0.15) is 0 Å². The summed E-state index contributed by atoms with van der Waals surface area (Å²) in [5.41, 5.74) is 1.61. The molecule has 2 fully saturated rings. The maximum atomic E-state index is 13.5. The van der Waals surface area contributed by atoms with Crippen LogP contribution in [0.3, 0.4) is 0 Å². The molecule has 2 atom stereocenters. The van der Waals surface area contributed by atoms with Crippen LogP contribution in [0.4, 0.5) is 0 Å². The van der Waals surface area contributed by atoms with E-state index in [9.17, 15) is 14.4 Å². The first kappa shape index (κ1) is 19.4. The summed E-state index contributed by atoms with van der Waals surface area (Å²) >= 11 is 6.10. The van der Waals surface area contributed by atoms with Crippen LogP contribution in [0.5, 0.6) is 0 Å². The van der Waals surface area contributed by atoms with Gasteiger partial charge in [-0.3, -0.25) is 19.4 Å². The molecule has 4 rings (SSSR count). The van der Waals surface area contributed by atoms with Crippen molar-refractivity contribution in [2.75, 3.05) is 20.1 Å². The summed E-state index contributed by atoms with van der Waals surface area (Å²) in [6, 6.07) is 15.8. The fraction of sp³-hybridized carbons (Fsp3) is 0.286. The van der Waals surface area contributed by atoms with Gasteiger partial charge < -0.3 is 9.80 Å². The van der Waals surface area contributed by atoms with Crippen molar-refractivity contribution in [3.05, 3.63) is 70.7 Å². The fourth-order valence-corrected chi connectivity index (χ4v) is 4.25. The Morgan fingerprint density at radius 3 is 2.55 bits per heavy atom. The molecule has 29 heavy (non-hydrogen) atoms. The molecule has 2 aromatic carbocycles. The van der Waals surface area contributed by atoms with Crippen molar-refractivity contribution in [1.29, 1.82) is 0 Å². The van der Waals surface area contributed by atoms with E-state index in [0.717, 1.165) is 11.1 Å². The Morgan fingerprint density at radius 2 is 1.86 bits per heavy atom. The minimum absolute atomic E-state index is 0.0418. The molecule has 2 saturated heterocycles. The second-order valence-electron chi connectivity index (χ2n) is 7.24. The standard InChI is InChI=1S/C21H21ClN4O3/c1-23-13-19(28)26-18(25(23)14-27)12-24(11-15-6-5-9-17(22)10-15)21(29)20(26)16-7-3-2-4-8-16/h2-10,14,18,20H,11-13H2,1H3/t18?,20-/m0/s1. The first-order valence-corrected chi connectivity index (χ1v) is 9.71. The summed E-state index contributed by atoms with van der Waals surface area (Å²) in [4.78, 5) is 41.4. The molecule has 2 aliphatic heterocycles. The molecule has 0 bridgehead atoms. The van der Waals surface area contributed by atoms with Crippen LogP contribution in [-0.4, -0.2) is 64.3 Å². The Hall–Kier alpha value is -2.90. The zero-order valence-electron chi connectivity index (χ0n) is 15.9.